The van der Waals surface area contributed by atoms with Crippen LogP contribution in [-0.2, 0) is 17.0 Å². The highest BCUT2D eigenvalue weighted by molar-refractivity contribution is 7.99. The molecule has 0 aromatic carbocycles. The van der Waals surface area contributed by atoms with Crippen molar-refractivity contribution < 1.29 is 4.74 Å². The molecule has 1 aromatic rings. The Balaban J connectivity index is 2.56. The van der Waals surface area contributed by atoms with Gasteiger partial charge < -0.3 is 4.74 Å². The van der Waals surface area contributed by atoms with E-state index in [0.717, 1.165) is 31.0 Å². The van der Waals surface area contributed by atoms with Crippen molar-refractivity contribution in [2.24, 2.45) is 11.3 Å². The van der Waals surface area contributed by atoms with Crippen LogP contribution in [0.2, 0.25) is 0 Å². The fourth-order valence-electron chi connectivity index (χ4n) is 2.82. The summed E-state index contributed by atoms with van der Waals surface area (Å²) in [5.41, 5.74) is 1.05. The van der Waals surface area contributed by atoms with Crippen LogP contribution in [-0.4, -0.2) is 32.5 Å². The van der Waals surface area contributed by atoms with Crippen LogP contribution in [0.3, 0.4) is 0 Å². The smallest absolute Gasteiger partial charge is 0.0926 e. The molecule has 0 saturated heterocycles. The third kappa shape index (κ3) is 8.75. The SMILES string of the molecule is CC(C)COC(C)(C)CC(C)(C)Cn1cc(CSC(C)C)nn1. The van der Waals surface area contributed by atoms with Crippen LogP contribution in [0, 0.1) is 11.3 Å². The number of rotatable bonds is 10. The minimum atomic E-state index is -0.120. The molecule has 0 N–H and O–H groups in total. The van der Waals surface area contributed by atoms with Gasteiger partial charge in [0.05, 0.1) is 11.3 Å². The quantitative estimate of drug-likeness (QED) is 0.613. The van der Waals surface area contributed by atoms with Gasteiger partial charge in [0.1, 0.15) is 0 Å². The van der Waals surface area contributed by atoms with Crippen molar-refractivity contribution in [2.75, 3.05) is 6.61 Å². The lowest BCUT2D eigenvalue weighted by Crippen LogP contribution is -2.35. The van der Waals surface area contributed by atoms with E-state index < -0.39 is 0 Å². The van der Waals surface area contributed by atoms with E-state index in [-0.39, 0.29) is 11.0 Å². The Bertz CT molecular complexity index is 467. The van der Waals surface area contributed by atoms with Gasteiger partial charge in [-0.2, -0.15) is 11.8 Å². The Morgan fingerprint density at radius 1 is 1.17 bits per heavy atom. The molecule has 23 heavy (non-hydrogen) atoms. The van der Waals surface area contributed by atoms with Gasteiger partial charge in [-0.1, -0.05) is 46.8 Å². The molecule has 1 rings (SSSR count). The second kappa shape index (κ2) is 8.52. The summed E-state index contributed by atoms with van der Waals surface area (Å²) < 4.78 is 8.07. The van der Waals surface area contributed by atoms with Crippen molar-refractivity contribution in [3.63, 3.8) is 0 Å². The lowest BCUT2D eigenvalue weighted by atomic mass is 9.81. The van der Waals surface area contributed by atoms with Gasteiger partial charge in [0, 0.05) is 25.1 Å². The summed E-state index contributed by atoms with van der Waals surface area (Å²) in [7, 11) is 0. The average Bonchev–Trinajstić information content (AvgIpc) is 2.79. The van der Waals surface area contributed by atoms with Crippen LogP contribution in [0.25, 0.3) is 0 Å². The maximum atomic E-state index is 6.09. The van der Waals surface area contributed by atoms with Gasteiger partial charge in [-0.05, 0) is 36.9 Å². The minimum Gasteiger partial charge on any atom is -0.375 e. The fraction of sp³-hybridized carbons (Fsp3) is 0.889. The molecule has 1 aromatic heterocycles. The standard InChI is InChI=1S/C18H35N3OS/c1-14(2)10-22-18(7,8)12-17(5,6)13-21-9-16(19-20-21)11-23-15(3)4/h9,14-15H,10-13H2,1-8H3. The molecule has 0 bridgehead atoms. The van der Waals surface area contributed by atoms with Gasteiger partial charge in [0.25, 0.3) is 0 Å². The van der Waals surface area contributed by atoms with Gasteiger partial charge in [-0.15, -0.1) is 5.10 Å². The van der Waals surface area contributed by atoms with E-state index in [2.05, 4.69) is 71.9 Å². The Labute approximate surface area is 146 Å². The van der Waals surface area contributed by atoms with Gasteiger partial charge in [-0.25, -0.2) is 0 Å². The molecule has 0 atom stereocenters. The topological polar surface area (TPSA) is 39.9 Å². The third-order valence-corrected chi connectivity index (χ3v) is 4.58. The summed E-state index contributed by atoms with van der Waals surface area (Å²) in [6.45, 7) is 19.4. The van der Waals surface area contributed by atoms with Crippen LogP contribution in [0.4, 0.5) is 0 Å². The zero-order valence-electron chi connectivity index (χ0n) is 16.2. The van der Waals surface area contributed by atoms with E-state index in [4.69, 9.17) is 4.74 Å². The molecule has 0 aliphatic carbocycles. The summed E-state index contributed by atoms with van der Waals surface area (Å²) >= 11 is 1.90. The van der Waals surface area contributed by atoms with Gasteiger partial charge in [-0.3, -0.25) is 4.68 Å². The molecule has 0 aliphatic rings. The Hall–Kier alpha value is -0.550. The Morgan fingerprint density at radius 2 is 1.83 bits per heavy atom. The van der Waals surface area contributed by atoms with Crippen molar-refractivity contribution in [2.45, 2.75) is 85.0 Å². The van der Waals surface area contributed by atoms with E-state index in [1.165, 1.54) is 0 Å². The highest BCUT2D eigenvalue weighted by Crippen LogP contribution is 2.32. The Morgan fingerprint density at radius 3 is 2.39 bits per heavy atom. The van der Waals surface area contributed by atoms with E-state index in [0.29, 0.717) is 11.2 Å². The van der Waals surface area contributed by atoms with Gasteiger partial charge in [0.15, 0.2) is 0 Å². The first-order valence-corrected chi connectivity index (χ1v) is 9.68. The monoisotopic (exact) mass is 341 g/mol. The summed E-state index contributed by atoms with van der Waals surface area (Å²) in [5, 5.41) is 9.21. The molecule has 0 spiro atoms. The first-order valence-electron chi connectivity index (χ1n) is 8.64. The predicted octanol–water partition coefficient (Wildman–Crippen LogP) is 4.79. The maximum Gasteiger partial charge on any atom is 0.0926 e. The molecule has 4 nitrogen and oxygen atoms in total. The van der Waals surface area contributed by atoms with Crippen molar-refractivity contribution in [3.8, 4) is 0 Å². The zero-order valence-corrected chi connectivity index (χ0v) is 17.0. The normalized spacial score (nSPS) is 13.3. The highest BCUT2D eigenvalue weighted by Gasteiger charge is 2.30. The molecule has 0 unspecified atom stereocenters. The summed E-state index contributed by atoms with van der Waals surface area (Å²) in [4.78, 5) is 0. The molecule has 0 aliphatic heterocycles. The third-order valence-electron chi connectivity index (χ3n) is 3.45. The van der Waals surface area contributed by atoms with Crippen LogP contribution in [0.15, 0.2) is 6.20 Å². The number of hydrogen-bond acceptors (Lipinski definition) is 4. The molecular formula is C18H35N3OS. The van der Waals surface area contributed by atoms with Crippen molar-refractivity contribution in [1.82, 2.24) is 15.0 Å². The summed E-state index contributed by atoms with van der Waals surface area (Å²) in [6, 6.07) is 0. The minimum absolute atomic E-state index is 0.108. The number of nitrogens with zero attached hydrogens (tertiary/aromatic N) is 3. The Kier molecular flexibility index (Phi) is 7.59. The second-order valence-corrected chi connectivity index (χ2v) is 10.1. The predicted molar refractivity (Wildman–Crippen MR) is 99.7 cm³/mol. The zero-order chi connectivity index (χ0) is 17.7. The molecule has 0 fully saturated rings. The largest absolute Gasteiger partial charge is 0.375 e. The van der Waals surface area contributed by atoms with E-state index in [1.807, 2.05) is 16.4 Å². The van der Waals surface area contributed by atoms with Crippen LogP contribution in [0.1, 0.15) is 67.5 Å². The molecule has 0 amide bonds. The molecule has 0 radical (unpaired) electrons. The van der Waals surface area contributed by atoms with E-state index in [1.54, 1.807) is 0 Å². The first kappa shape index (κ1) is 20.5. The summed E-state index contributed by atoms with van der Waals surface area (Å²) in [5.74, 6) is 1.50. The number of ether oxygens (including phenoxy) is 1. The first-order chi connectivity index (χ1) is 10.5. The average molecular weight is 342 g/mol. The van der Waals surface area contributed by atoms with Crippen molar-refractivity contribution >= 4 is 11.8 Å². The van der Waals surface area contributed by atoms with Gasteiger partial charge >= 0.3 is 0 Å². The molecule has 5 heteroatoms. The van der Waals surface area contributed by atoms with Crippen molar-refractivity contribution in [1.29, 1.82) is 0 Å². The fourth-order valence-corrected chi connectivity index (χ4v) is 3.46. The number of hydrogen-bond donors (Lipinski definition) is 0. The van der Waals surface area contributed by atoms with Crippen LogP contribution < -0.4 is 0 Å². The lowest BCUT2D eigenvalue weighted by molar-refractivity contribution is -0.0591. The van der Waals surface area contributed by atoms with E-state index >= 15 is 0 Å². The van der Waals surface area contributed by atoms with Gasteiger partial charge in [0.2, 0.25) is 0 Å². The maximum absolute atomic E-state index is 6.09. The lowest BCUT2D eigenvalue weighted by Gasteiger charge is -2.35. The molecule has 0 saturated carbocycles. The summed E-state index contributed by atoms with van der Waals surface area (Å²) in [6.07, 6.45) is 3.07. The van der Waals surface area contributed by atoms with E-state index in [9.17, 15) is 0 Å². The highest BCUT2D eigenvalue weighted by atomic mass is 32.2. The van der Waals surface area contributed by atoms with Crippen molar-refractivity contribution in [3.05, 3.63) is 11.9 Å². The molecular weight excluding hydrogens is 306 g/mol. The van der Waals surface area contributed by atoms with Crippen LogP contribution >= 0.6 is 11.8 Å². The number of thioether (sulfide) groups is 1. The van der Waals surface area contributed by atoms with Crippen LogP contribution in [0.5, 0.6) is 0 Å². The molecule has 1 heterocycles. The molecule has 134 valence electrons. The number of aromatic nitrogens is 3. The second-order valence-electron chi connectivity index (χ2n) is 8.57.